The lowest BCUT2D eigenvalue weighted by Crippen LogP contribution is -2.44. The van der Waals surface area contributed by atoms with Crippen molar-refractivity contribution in [3.05, 3.63) is 27.7 Å². The summed E-state index contributed by atoms with van der Waals surface area (Å²) in [4.78, 5) is 0. The van der Waals surface area contributed by atoms with Gasteiger partial charge in [0, 0.05) is 38.9 Å². The van der Waals surface area contributed by atoms with Crippen LogP contribution in [0.15, 0.2) is 16.6 Å². The summed E-state index contributed by atoms with van der Waals surface area (Å²) in [6.45, 7) is 3.20. The smallest absolute Gasteiger partial charge is 0.125 e. The Hall–Kier alpha value is 0.160. The van der Waals surface area contributed by atoms with Crippen LogP contribution in [-0.4, -0.2) is 41.7 Å². The minimum absolute atomic E-state index is 0.500. The van der Waals surface area contributed by atoms with Crippen LogP contribution in [0.3, 0.4) is 0 Å². The van der Waals surface area contributed by atoms with E-state index in [1.807, 2.05) is 0 Å². The number of likely N-dealkylation sites (N-methyl/N-ethyl adjacent to an activating group) is 1. The van der Waals surface area contributed by atoms with Crippen LogP contribution in [0.1, 0.15) is 18.1 Å². The molecule has 1 N–H and O–H groups in total. The Kier molecular flexibility index (Phi) is 5.46. The van der Waals surface area contributed by atoms with Gasteiger partial charge in [-0.3, -0.25) is 0 Å². The predicted molar refractivity (Wildman–Crippen MR) is 98.1 cm³/mol. The first-order chi connectivity index (χ1) is 10.2. The molecule has 1 fully saturated rings. The van der Waals surface area contributed by atoms with E-state index in [0.717, 1.165) is 25.2 Å². The number of fused-ring (bicyclic) bond motifs is 1. The molecule has 0 radical (unpaired) electrons. The first-order valence-corrected chi connectivity index (χ1v) is 10.4. The molecule has 2 aliphatic rings. The molecule has 2 nitrogen and oxygen atoms in total. The number of nitrogens with one attached hydrogen (secondary N) is 1. The molecule has 2 heterocycles. The molecule has 116 valence electrons. The van der Waals surface area contributed by atoms with Crippen LogP contribution in [0.4, 0.5) is 0 Å². The van der Waals surface area contributed by atoms with Crippen LogP contribution in [0.25, 0.3) is 0 Å². The van der Waals surface area contributed by atoms with Crippen LogP contribution >= 0.6 is 39.5 Å². The summed E-state index contributed by atoms with van der Waals surface area (Å²) in [5.41, 5.74) is 2.70. The van der Waals surface area contributed by atoms with E-state index < -0.39 is 0 Å². The molecule has 0 amide bonds. The van der Waals surface area contributed by atoms with Gasteiger partial charge in [-0.25, -0.2) is 0 Å². The molecule has 0 saturated carbocycles. The largest absolute Gasteiger partial charge is 0.493 e. The SMILES string of the molecule is CNC(Cc1cc(Br)cc2c1OCC2)C1SCCSC1C. The molecule has 0 aliphatic carbocycles. The number of hydrogen-bond donors (Lipinski definition) is 1. The van der Waals surface area contributed by atoms with Gasteiger partial charge in [0.1, 0.15) is 5.75 Å². The second-order valence-electron chi connectivity index (χ2n) is 5.66. The Balaban J connectivity index is 1.81. The van der Waals surface area contributed by atoms with Crippen molar-refractivity contribution in [2.24, 2.45) is 0 Å². The van der Waals surface area contributed by atoms with E-state index in [1.54, 1.807) is 0 Å². The zero-order valence-electron chi connectivity index (χ0n) is 12.5. The maximum atomic E-state index is 5.88. The Morgan fingerprint density at radius 2 is 2.19 bits per heavy atom. The molecule has 1 aromatic carbocycles. The summed E-state index contributed by atoms with van der Waals surface area (Å²) < 4.78 is 7.06. The highest BCUT2D eigenvalue weighted by Gasteiger charge is 2.31. The van der Waals surface area contributed by atoms with E-state index in [0.29, 0.717) is 16.5 Å². The number of hydrogen-bond acceptors (Lipinski definition) is 4. The highest BCUT2D eigenvalue weighted by Crippen LogP contribution is 2.37. The van der Waals surface area contributed by atoms with Crippen LogP contribution in [0.2, 0.25) is 0 Å². The van der Waals surface area contributed by atoms with E-state index in [-0.39, 0.29) is 0 Å². The van der Waals surface area contributed by atoms with Gasteiger partial charge in [-0.2, -0.15) is 23.5 Å². The maximum Gasteiger partial charge on any atom is 0.125 e. The monoisotopic (exact) mass is 387 g/mol. The molecule has 1 saturated heterocycles. The molecule has 1 aromatic rings. The van der Waals surface area contributed by atoms with E-state index in [1.165, 1.54) is 27.1 Å². The molecule has 5 heteroatoms. The first kappa shape index (κ1) is 16.0. The van der Waals surface area contributed by atoms with Gasteiger partial charge < -0.3 is 10.1 Å². The topological polar surface area (TPSA) is 21.3 Å². The van der Waals surface area contributed by atoms with Crippen molar-refractivity contribution in [2.45, 2.75) is 36.3 Å². The molecule has 21 heavy (non-hydrogen) atoms. The summed E-state index contributed by atoms with van der Waals surface area (Å²) >= 11 is 7.88. The van der Waals surface area contributed by atoms with Crippen LogP contribution in [-0.2, 0) is 12.8 Å². The standard InChI is InChI=1S/C16H22BrNOS2/c1-10-16(21-6-5-20-10)14(18-2)9-12-8-13(17)7-11-3-4-19-15(11)12/h7-8,10,14,16,18H,3-6,9H2,1-2H3. The fourth-order valence-corrected chi connectivity index (χ4v) is 6.76. The number of rotatable bonds is 4. The number of benzene rings is 1. The Morgan fingerprint density at radius 1 is 1.38 bits per heavy atom. The third-order valence-corrected chi connectivity index (χ3v) is 7.98. The second-order valence-corrected chi connectivity index (χ2v) is 9.35. The van der Waals surface area contributed by atoms with E-state index in [9.17, 15) is 0 Å². The van der Waals surface area contributed by atoms with E-state index in [2.05, 4.69) is 70.9 Å². The minimum atomic E-state index is 0.500. The molecule has 3 unspecified atom stereocenters. The van der Waals surface area contributed by atoms with Crippen molar-refractivity contribution in [2.75, 3.05) is 25.2 Å². The molecule has 3 rings (SSSR count). The Labute approximate surface area is 144 Å². The Bertz CT molecular complexity index is 511. The van der Waals surface area contributed by atoms with Gasteiger partial charge in [0.05, 0.1) is 6.61 Å². The molecule has 2 aliphatic heterocycles. The van der Waals surface area contributed by atoms with Crippen molar-refractivity contribution in [1.82, 2.24) is 5.32 Å². The predicted octanol–water partition coefficient (Wildman–Crippen LogP) is 3.75. The Morgan fingerprint density at radius 3 is 2.95 bits per heavy atom. The van der Waals surface area contributed by atoms with Gasteiger partial charge in [0.15, 0.2) is 0 Å². The third kappa shape index (κ3) is 3.57. The zero-order valence-corrected chi connectivity index (χ0v) is 15.7. The van der Waals surface area contributed by atoms with Gasteiger partial charge in [0.25, 0.3) is 0 Å². The molecule has 0 aromatic heterocycles. The average molecular weight is 388 g/mol. The lowest BCUT2D eigenvalue weighted by Gasteiger charge is -2.34. The van der Waals surface area contributed by atoms with Gasteiger partial charge >= 0.3 is 0 Å². The summed E-state index contributed by atoms with van der Waals surface area (Å²) in [6, 6.07) is 4.94. The number of thioether (sulfide) groups is 2. The lowest BCUT2D eigenvalue weighted by molar-refractivity contribution is 0.351. The fraction of sp³-hybridized carbons (Fsp3) is 0.625. The number of halogens is 1. The van der Waals surface area contributed by atoms with Gasteiger partial charge in [-0.05, 0) is 36.7 Å². The van der Waals surface area contributed by atoms with Crippen molar-refractivity contribution in [3.63, 3.8) is 0 Å². The van der Waals surface area contributed by atoms with Gasteiger partial charge in [-0.1, -0.05) is 22.9 Å². The lowest BCUT2D eigenvalue weighted by atomic mass is 9.98. The quantitative estimate of drug-likeness (QED) is 0.848. The molecular weight excluding hydrogens is 366 g/mol. The minimum Gasteiger partial charge on any atom is -0.493 e. The summed E-state index contributed by atoms with van der Waals surface area (Å²) in [5.74, 6) is 3.69. The molecule has 0 spiro atoms. The van der Waals surface area contributed by atoms with E-state index >= 15 is 0 Å². The summed E-state index contributed by atoms with van der Waals surface area (Å²) in [6.07, 6.45) is 2.08. The van der Waals surface area contributed by atoms with Crippen LogP contribution in [0.5, 0.6) is 5.75 Å². The van der Waals surface area contributed by atoms with Crippen LogP contribution in [0, 0.1) is 0 Å². The van der Waals surface area contributed by atoms with E-state index in [4.69, 9.17) is 4.74 Å². The summed E-state index contributed by atoms with van der Waals surface area (Å²) in [5, 5.41) is 4.94. The molecular formula is C16H22BrNOS2. The van der Waals surface area contributed by atoms with Crippen molar-refractivity contribution >= 4 is 39.5 Å². The number of ether oxygens (including phenoxy) is 1. The highest BCUT2D eigenvalue weighted by atomic mass is 79.9. The maximum absolute atomic E-state index is 5.88. The van der Waals surface area contributed by atoms with Gasteiger partial charge in [0.2, 0.25) is 0 Å². The van der Waals surface area contributed by atoms with Crippen molar-refractivity contribution < 1.29 is 4.74 Å². The van der Waals surface area contributed by atoms with Crippen LogP contribution < -0.4 is 10.1 Å². The molecule has 0 bridgehead atoms. The van der Waals surface area contributed by atoms with Gasteiger partial charge in [-0.15, -0.1) is 0 Å². The fourth-order valence-electron chi connectivity index (χ4n) is 3.21. The molecule has 3 atom stereocenters. The average Bonchev–Trinajstić information content (AvgIpc) is 2.93. The second kappa shape index (κ2) is 7.16. The normalized spacial score (nSPS) is 26.2. The van der Waals surface area contributed by atoms with Crippen molar-refractivity contribution in [3.8, 4) is 5.75 Å². The highest BCUT2D eigenvalue weighted by molar-refractivity contribution is 9.10. The first-order valence-electron chi connectivity index (χ1n) is 7.53. The third-order valence-electron chi connectivity index (χ3n) is 4.27. The zero-order chi connectivity index (χ0) is 14.8. The summed E-state index contributed by atoms with van der Waals surface area (Å²) in [7, 11) is 2.09. The van der Waals surface area contributed by atoms with Crippen molar-refractivity contribution in [1.29, 1.82) is 0 Å².